The Morgan fingerprint density at radius 3 is 2.74 bits per heavy atom. The Balaban J connectivity index is 1.76. The van der Waals surface area contributed by atoms with Crippen molar-refractivity contribution < 1.29 is 13.9 Å². The van der Waals surface area contributed by atoms with E-state index in [1.807, 2.05) is 18.2 Å². The number of rotatable bonds is 7. The number of aryl methyl sites for hydroxylation is 1. The molecular weight excluding hydrogens is 383 g/mol. The summed E-state index contributed by atoms with van der Waals surface area (Å²) in [6, 6.07) is 12.2. The number of ether oxygens (including phenoxy) is 1. The fourth-order valence-corrected chi connectivity index (χ4v) is 4.55. The Kier molecular flexibility index (Phi) is 6.68. The number of fused-ring (bicyclic) bond motifs is 1. The first-order valence-electron chi connectivity index (χ1n) is 8.74. The second kappa shape index (κ2) is 9.19. The number of hydrogen-bond donors (Lipinski definition) is 0. The van der Waals surface area contributed by atoms with Gasteiger partial charge in [0.05, 0.1) is 17.3 Å². The molecule has 0 fully saturated rings. The molecule has 0 atom stereocenters. The van der Waals surface area contributed by atoms with Gasteiger partial charge in [-0.05, 0) is 42.8 Å². The number of thioether (sulfide) groups is 1. The Hall–Kier alpha value is -2.12. The molecule has 0 bridgehead atoms. The Labute approximate surface area is 165 Å². The van der Waals surface area contributed by atoms with Crippen LogP contribution in [0.15, 0.2) is 52.4 Å². The molecule has 4 nitrogen and oxygen atoms in total. The van der Waals surface area contributed by atoms with Crippen LogP contribution in [-0.4, -0.2) is 23.3 Å². The van der Waals surface area contributed by atoms with Crippen LogP contribution in [0.5, 0.6) is 5.75 Å². The molecule has 0 radical (unpaired) electrons. The molecule has 0 aliphatic heterocycles. The molecule has 1 heterocycles. The third kappa shape index (κ3) is 4.99. The molecule has 3 aromatic rings. The average Bonchev–Trinajstić information content (AvgIpc) is 3.00. The molecule has 0 aliphatic rings. The molecule has 1 amide bonds. The lowest BCUT2D eigenvalue weighted by Gasteiger charge is -2.04. The van der Waals surface area contributed by atoms with Crippen molar-refractivity contribution in [2.24, 2.45) is 4.99 Å². The number of amides is 1. The lowest BCUT2D eigenvalue weighted by molar-refractivity contribution is -0.117. The smallest absolute Gasteiger partial charge is 0.249 e. The van der Waals surface area contributed by atoms with Crippen molar-refractivity contribution in [3.8, 4) is 5.75 Å². The van der Waals surface area contributed by atoms with Crippen LogP contribution >= 0.6 is 23.1 Å². The monoisotopic (exact) mass is 404 g/mol. The van der Waals surface area contributed by atoms with Gasteiger partial charge in [0.25, 0.3) is 0 Å². The second-order valence-corrected chi connectivity index (χ2v) is 8.11. The van der Waals surface area contributed by atoms with E-state index in [9.17, 15) is 9.18 Å². The van der Waals surface area contributed by atoms with Crippen molar-refractivity contribution in [1.29, 1.82) is 0 Å². The van der Waals surface area contributed by atoms with Gasteiger partial charge in [-0.15, -0.1) is 11.8 Å². The standard InChI is InChI=1S/C20H21FN2O2S2/c1-3-11-23-17-13-15(25-2)6-9-18(17)27-20(23)22-19(24)10-12-26-16-7-4-14(21)5-8-16/h4-9,13H,3,10-12H2,1-2H3. The van der Waals surface area contributed by atoms with Crippen molar-refractivity contribution in [3.05, 3.63) is 53.1 Å². The molecule has 0 saturated carbocycles. The van der Waals surface area contributed by atoms with E-state index in [-0.39, 0.29) is 11.7 Å². The summed E-state index contributed by atoms with van der Waals surface area (Å²) in [4.78, 5) is 18.3. The molecule has 0 saturated heterocycles. The third-order valence-corrected chi connectivity index (χ3v) is 6.03. The number of carbonyl (C=O) groups is 1. The number of methoxy groups -OCH3 is 1. The van der Waals surface area contributed by atoms with Gasteiger partial charge >= 0.3 is 0 Å². The van der Waals surface area contributed by atoms with Crippen molar-refractivity contribution in [1.82, 2.24) is 4.57 Å². The third-order valence-electron chi connectivity index (χ3n) is 3.95. The lowest BCUT2D eigenvalue weighted by atomic mass is 10.3. The van der Waals surface area contributed by atoms with Crippen LogP contribution in [0.4, 0.5) is 4.39 Å². The molecule has 0 unspecified atom stereocenters. The first-order valence-corrected chi connectivity index (χ1v) is 10.5. The van der Waals surface area contributed by atoms with Gasteiger partial charge in [-0.2, -0.15) is 4.99 Å². The van der Waals surface area contributed by atoms with Gasteiger partial charge in [-0.3, -0.25) is 4.79 Å². The number of aromatic nitrogens is 1. The Morgan fingerprint density at radius 2 is 2.04 bits per heavy atom. The molecule has 2 aromatic carbocycles. The van der Waals surface area contributed by atoms with E-state index in [0.717, 1.165) is 38.6 Å². The zero-order valence-electron chi connectivity index (χ0n) is 15.3. The van der Waals surface area contributed by atoms with Crippen molar-refractivity contribution in [2.45, 2.75) is 31.2 Å². The summed E-state index contributed by atoms with van der Waals surface area (Å²) in [6.45, 7) is 2.89. The minimum atomic E-state index is -0.257. The lowest BCUT2D eigenvalue weighted by Crippen LogP contribution is -2.17. The number of thiazole rings is 1. The van der Waals surface area contributed by atoms with Crippen LogP contribution in [-0.2, 0) is 11.3 Å². The predicted octanol–water partition coefficient (Wildman–Crippen LogP) is 4.87. The Morgan fingerprint density at radius 1 is 1.26 bits per heavy atom. The maximum absolute atomic E-state index is 12.9. The number of carbonyl (C=O) groups excluding carboxylic acids is 1. The van der Waals surface area contributed by atoms with Crippen LogP contribution in [0.3, 0.4) is 0 Å². The van der Waals surface area contributed by atoms with E-state index >= 15 is 0 Å². The zero-order chi connectivity index (χ0) is 19.2. The van der Waals surface area contributed by atoms with Gasteiger partial charge in [0.15, 0.2) is 4.80 Å². The molecule has 3 rings (SSSR count). The van der Waals surface area contributed by atoms with Crippen LogP contribution in [0, 0.1) is 5.82 Å². The van der Waals surface area contributed by atoms with Gasteiger partial charge in [-0.25, -0.2) is 4.39 Å². The highest BCUT2D eigenvalue weighted by atomic mass is 32.2. The maximum Gasteiger partial charge on any atom is 0.249 e. The van der Waals surface area contributed by atoms with Gasteiger partial charge in [0, 0.05) is 29.7 Å². The van der Waals surface area contributed by atoms with E-state index in [0.29, 0.717) is 12.2 Å². The molecule has 0 N–H and O–H groups in total. The largest absolute Gasteiger partial charge is 0.497 e. The summed E-state index contributed by atoms with van der Waals surface area (Å²) in [7, 11) is 1.64. The van der Waals surface area contributed by atoms with Crippen molar-refractivity contribution in [3.63, 3.8) is 0 Å². The molecule has 1 aromatic heterocycles. The topological polar surface area (TPSA) is 43.6 Å². The average molecular weight is 405 g/mol. The summed E-state index contributed by atoms with van der Waals surface area (Å²) in [6.07, 6.45) is 1.29. The zero-order valence-corrected chi connectivity index (χ0v) is 16.9. The van der Waals surface area contributed by atoms with Gasteiger partial charge < -0.3 is 9.30 Å². The molecular formula is C20H21FN2O2S2. The fourth-order valence-electron chi connectivity index (χ4n) is 2.65. The van der Waals surface area contributed by atoms with Crippen LogP contribution in [0.2, 0.25) is 0 Å². The van der Waals surface area contributed by atoms with Crippen LogP contribution in [0.25, 0.3) is 10.2 Å². The first kappa shape index (κ1) is 19.6. The summed E-state index contributed by atoms with van der Waals surface area (Å²) >= 11 is 3.04. The number of nitrogens with zero attached hydrogens (tertiary/aromatic N) is 2. The van der Waals surface area contributed by atoms with E-state index in [4.69, 9.17) is 4.74 Å². The summed E-state index contributed by atoms with van der Waals surface area (Å²) in [5.41, 5.74) is 1.04. The van der Waals surface area contributed by atoms with E-state index < -0.39 is 0 Å². The number of halogens is 1. The van der Waals surface area contributed by atoms with Crippen molar-refractivity contribution >= 4 is 39.2 Å². The number of benzene rings is 2. The highest BCUT2D eigenvalue weighted by Gasteiger charge is 2.09. The molecule has 27 heavy (non-hydrogen) atoms. The minimum Gasteiger partial charge on any atom is -0.497 e. The molecule has 0 aliphatic carbocycles. The molecule has 7 heteroatoms. The summed E-state index contributed by atoms with van der Waals surface area (Å²) < 4.78 is 21.4. The summed E-state index contributed by atoms with van der Waals surface area (Å²) in [5, 5.41) is 0. The maximum atomic E-state index is 12.9. The summed E-state index contributed by atoms with van der Waals surface area (Å²) in [5.74, 6) is 1.000. The van der Waals surface area contributed by atoms with Crippen LogP contribution in [0.1, 0.15) is 19.8 Å². The van der Waals surface area contributed by atoms with Gasteiger partial charge in [-0.1, -0.05) is 18.3 Å². The first-order chi connectivity index (χ1) is 13.1. The quantitative estimate of drug-likeness (QED) is 0.528. The fraction of sp³-hybridized carbons (Fsp3) is 0.300. The Bertz CT molecular complexity index is 993. The van der Waals surface area contributed by atoms with Crippen LogP contribution < -0.4 is 9.54 Å². The van der Waals surface area contributed by atoms with Gasteiger partial charge in [0.1, 0.15) is 11.6 Å². The minimum absolute atomic E-state index is 0.145. The second-order valence-electron chi connectivity index (χ2n) is 5.93. The normalized spacial score (nSPS) is 11.9. The predicted molar refractivity (Wildman–Crippen MR) is 109 cm³/mol. The van der Waals surface area contributed by atoms with E-state index in [1.54, 1.807) is 19.2 Å². The van der Waals surface area contributed by atoms with Gasteiger partial charge in [0.2, 0.25) is 5.91 Å². The molecule has 0 spiro atoms. The SMILES string of the molecule is CCCn1c(=NC(=O)CCSc2ccc(F)cc2)sc2ccc(OC)cc21. The number of hydrogen-bond acceptors (Lipinski definition) is 4. The highest BCUT2D eigenvalue weighted by molar-refractivity contribution is 7.99. The highest BCUT2D eigenvalue weighted by Crippen LogP contribution is 2.23. The van der Waals surface area contributed by atoms with E-state index in [1.165, 1.54) is 35.2 Å². The molecule has 142 valence electrons. The van der Waals surface area contributed by atoms with Crippen molar-refractivity contribution in [2.75, 3.05) is 12.9 Å². The van der Waals surface area contributed by atoms with E-state index in [2.05, 4.69) is 16.5 Å².